The molecule has 0 saturated heterocycles. The Balaban J connectivity index is 1.90. The molecule has 8 heteroatoms. The van der Waals surface area contributed by atoms with Gasteiger partial charge in [-0.3, -0.25) is 9.59 Å². The van der Waals surface area contributed by atoms with Gasteiger partial charge in [0.05, 0.1) is 10.8 Å². The lowest BCUT2D eigenvalue weighted by molar-refractivity contribution is -0.144. The average molecular weight is 397 g/mol. The molecule has 1 aliphatic carbocycles. The van der Waals surface area contributed by atoms with E-state index in [1.54, 1.807) is 38.1 Å². The third-order valence-electron chi connectivity index (χ3n) is 5.18. The van der Waals surface area contributed by atoms with Crippen LogP contribution in [-0.4, -0.2) is 42.8 Å². The molecular formula is C19H28N2O5S. The number of sulfonamides is 1. The number of benzene rings is 1. The molecule has 2 rings (SSSR count). The van der Waals surface area contributed by atoms with Gasteiger partial charge in [-0.05, 0) is 43.4 Å². The predicted molar refractivity (Wildman–Crippen MR) is 101 cm³/mol. The minimum Gasteiger partial charge on any atom is -0.481 e. The van der Waals surface area contributed by atoms with Crippen LogP contribution in [0.25, 0.3) is 0 Å². The van der Waals surface area contributed by atoms with Crippen LogP contribution in [0.1, 0.15) is 45.1 Å². The number of carboxylic acids is 1. The van der Waals surface area contributed by atoms with Gasteiger partial charge < -0.3 is 10.4 Å². The number of amides is 1. The fourth-order valence-corrected chi connectivity index (χ4v) is 4.89. The number of rotatable bonds is 8. The highest BCUT2D eigenvalue weighted by atomic mass is 32.2. The summed E-state index contributed by atoms with van der Waals surface area (Å²) in [6, 6.07) is 6.54. The maximum Gasteiger partial charge on any atom is 0.306 e. The maximum atomic E-state index is 12.5. The number of nitrogens with zero attached hydrogens (tertiary/aromatic N) is 1. The van der Waals surface area contributed by atoms with Gasteiger partial charge in [0.2, 0.25) is 15.9 Å². The third kappa shape index (κ3) is 5.29. The van der Waals surface area contributed by atoms with Crippen LogP contribution in [0.3, 0.4) is 0 Å². The van der Waals surface area contributed by atoms with E-state index in [9.17, 15) is 18.0 Å². The zero-order chi connectivity index (χ0) is 20.0. The predicted octanol–water partition coefficient (Wildman–Crippen LogP) is 2.22. The fraction of sp³-hybridized carbons (Fsp3) is 0.579. The molecule has 27 heavy (non-hydrogen) atoms. The van der Waals surface area contributed by atoms with E-state index in [-0.39, 0.29) is 22.6 Å². The third-order valence-corrected chi connectivity index (χ3v) is 7.24. The molecule has 0 aromatic heterocycles. The van der Waals surface area contributed by atoms with Gasteiger partial charge in [-0.15, -0.1) is 0 Å². The van der Waals surface area contributed by atoms with Crippen molar-refractivity contribution in [2.24, 2.45) is 11.8 Å². The van der Waals surface area contributed by atoms with Crippen molar-refractivity contribution >= 4 is 21.9 Å². The minimum atomic E-state index is -3.48. The van der Waals surface area contributed by atoms with Gasteiger partial charge in [0, 0.05) is 25.6 Å². The van der Waals surface area contributed by atoms with E-state index in [4.69, 9.17) is 5.11 Å². The molecule has 0 unspecified atom stereocenters. The molecule has 2 N–H and O–H groups in total. The summed E-state index contributed by atoms with van der Waals surface area (Å²) >= 11 is 0. The summed E-state index contributed by atoms with van der Waals surface area (Å²) in [7, 11) is -3.48. The Morgan fingerprint density at radius 1 is 1.04 bits per heavy atom. The zero-order valence-corrected chi connectivity index (χ0v) is 16.7. The number of aliphatic carboxylic acids is 1. The first-order chi connectivity index (χ1) is 12.8. The minimum absolute atomic E-state index is 0.0707. The molecule has 1 aromatic carbocycles. The van der Waals surface area contributed by atoms with Crippen molar-refractivity contribution < 1.29 is 23.1 Å². The van der Waals surface area contributed by atoms with Gasteiger partial charge in [-0.25, -0.2) is 8.42 Å². The van der Waals surface area contributed by atoms with E-state index in [0.717, 1.165) is 5.56 Å². The van der Waals surface area contributed by atoms with Gasteiger partial charge in [0.25, 0.3) is 0 Å². The van der Waals surface area contributed by atoms with Crippen molar-refractivity contribution in [1.82, 2.24) is 9.62 Å². The van der Waals surface area contributed by atoms with E-state index in [0.29, 0.717) is 45.3 Å². The number of carboxylic acid groups (broad SMARTS) is 1. The highest BCUT2D eigenvalue weighted by Crippen LogP contribution is 2.29. The summed E-state index contributed by atoms with van der Waals surface area (Å²) in [5, 5.41) is 11.9. The summed E-state index contributed by atoms with van der Waals surface area (Å²) < 4.78 is 26.3. The van der Waals surface area contributed by atoms with Crippen molar-refractivity contribution in [3.63, 3.8) is 0 Å². The van der Waals surface area contributed by atoms with Crippen LogP contribution in [0.15, 0.2) is 29.2 Å². The monoisotopic (exact) mass is 396 g/mol. The largest absolute Gasteiger partial charge is 0.481 e. The molecule has 0 aliphatic heterocycles. The highest BCUT2D eigenvalue weighted by Gasteiger charge is 2.29. The topological polar surface area (TPSA) is 104 Å². The first-order valence-corrected chi connectivity index (χ1v) is 10.8. The Morgan fingerprint density at radius 3 is 2.04 bits per heavy atom. The van der Waals surface area contributed by atoms with Crippen LogP contribution in [0.4, 0.5) is 0 Å². The normalized spacial score (nSPS) is 20.4. The zero-order valence-electron chi connectivity index (χ0n) is 15.8. The van der Waals surface area contributed by atoms with Crippen LogP contribution in [0.5, 0.6) is 0 Å². The van der Waals surface area contributed by atoms with Crippen LogP contribution in [0, 0.1) is 11.8 Å². The Bertz CT molecular complexity index is 749. The number of hydrogen-bond donors (Lipinski definition) is 2. The second-order valence-electron chi connectivity index (χ2n) is 6.84. The summed E-state index contributed by atoms with van der Waals surface area (Å²) in [5.74, 6) is -1.34. The van der Waals surface area contributed by atoms with Gasteiger partial charge in [0.1, 0.15) is 0 Å². The van der Waals surface area contributed by atoms with Crippen molar-refractivity contribution in [1.29, 1.82) is 0 Å². The van der Waals surface area contributed by atoms with E-state index < -0.39 is 16.0 Å². The van der Waals surface area contributed by atoms with Crippen molar-refractivity contribution in [3.05, 3.63) is 29.8 Å². The van der Waals surface area contributed by atoms with Crippen molar-refractivity contribution in [2.75, 3.05) is 13.1 Å². The van der Waals surface area contributed by atoms with Gasteiger partial charge >= 0.3 is 5.97 Å². The fourth-order valence-electron chi connectivity index (χ4n) is 3.43. The molecule has 0 spiro atoms. The summed E-state index contributed by atoms with van der Waals surface area (Å²) in [6.45, 7) is 4.76. The van der Waals surface area contributed by atoms with Gasteiger partial charge in [0.15, 0.2) is 0 Å². The number of hydrogen-bond acceptors (Lipinski definition) is 4. The van der Waals surface area contributed by atoms with Crippen LogP contribution >= 0.6 is 0 Å². The van der Waals surface area contributed by atoms with Crippen molar-refractivity contribution in [2.45, 2.75) is 51.0 Å². The maximum absolute atomic E-state index is 12.5. The first kappa shape index (κ1) is 21.4. The second kappa shape index (κ2) is 9.32. The summed E-state index contributed by atoms with van der Waals surface area (Å²) in [5.41, 5.74) is 0.820. The smallest absolute Gasteiger partial charge is 0.306 e. The first-order valence-electron chi connectivity index (χ1n) is 9.39. The van der Waals surface area contributed by atoms with Gasteiger partial charge in [-0.2, -0.15) is 4.31 Å². The number of nitrogens with one attached hydrogen (secondary N) is 1. The molecule has 0 radical (unpaired) electrons. The average Bonchev–Trinajstić information content (AvgIpc) is 2.67. The Morgan fingerprint density at radius 2 is 1.56 bits per heavy atom. The van der Waals surface area contributed by atoms with E-state index in [1.807, 2.05) is 0 Å². The quantitative estimate of drug-likeness (QED) is 0.701. The lowest BCUT2D eigenvalue weighted by atomic mass is 9.81. The molecule has 0 bridgehead atoms. The summed E-state index contributed by atoms with van der Waals surface area (Å²) in [4.78, 5) is 23.5. The van der Waals surface area contributed by atoms with E-state index in [1.165, 1.54) is 4.31 Å². The standard InChI is InChI=1S/C19H28N2O5S/c1-3-21(4-2)27(25,26)17-11-5-14(6-12-17)13-20-18(22)15-7-9-16(10-8-15)19(23)24/h5-6,11-12,15-16H,3-4,7-10,13H2,1-2H3,(H,20,22)(H,23,24). The molecule has 1 aromatic rings. The molecule has 0 atom stereocenters. The molecule has 150 valence electrons. The molecular weight excluding hydrogens is 368 g/mol. The van der Waals surface area contributed by atoms with Crippen molar-refractivity contribution in [3.8, 4) is 0 Å². The van der Waals surface area contributed by atoms with Crippen LogP contribution in [0.2, 0.25) is 0 Å². The van der Waals surface area contributed by atoms with Gasteiger partial charge in [-0.1, -0.05) is 26.0 Å². The lowest BCUT2D eigenvalue weighted by Gasteiger charge is -2.25. The van der Waals surface area contributed by atoms with Crippen LogP contribution in [-0.2, 0) is 26.2 Å². The Labute approximate surface area is 160 Å². The highest BCUT2D eigenvalue weighted by molar-refractivity contribution is 7.89. The van der Waals surface area contributed by atoms with E-state index in [2.05, 4.69) is 5.32 Å². The molecule has 1 amide bonds. The lowest BCUT2D eigenvalue weighted by Crippen LogP contribution is -2.34. The molecule has 7 nitrogen and oxygen atoms in total. The molecule has 1 aliphatic rings. The second-order valence-corrected chi connectivity index (χ2v) is 8.78. The number of carbonyl (C=O) groups is 2. The van der Waals surface area contributed by atoms with Crippen LogP contribution < -0.4 is 5.32 Å². The Kier molecular flexibility index (Phi) is 7.38. The summed E-state index contributed by atoms with van der Waals surface area (Å²) in [6.07, 6.45) is 2.24. The van der Waals surface area contributed by atoms with E-state index >= 15 is 0 Å². The number of carbonyl (C=O) groups excluding carboxylic acids is 1. The Hall–Kier alpha value is -1.93. The molecule has 0 heterocycles. The molecule has 1 fully saturated rings. The SMILES string of the molecule is CCN(CC)S(=O)(=O)c1ccc(CNC(=O)C2CCC(C(=O)O)CC2)cc1. The molecule has 1 saturated carbocycles.